The number of carbonyl (C=O) groups is 1. The second-order valence-electron chi connectivity index (χ2n) is 6.91. The van der Waals surface area contributed by atoms with Crippen molar-refractivity contribution in [1.82, 2.24) is 9.88 Å². The van der Waals surface area contributed by atoms with Crippen molar-refractivity contribution in [2.75, 3.05) is 0 Å². The molecule has 0 aliphatic heterocycles. The molecule has 1 N–H and O–H groups in total. The van der Waals surface area contributed by atoms with Crippen LogP contribution >= 0.6 is 11.6 Å². The summed E-state index contributed by atoms with van der Waals surface area (Å²) in [7, 11) is 0. The maximum atomic E-state index is 12.6. The molecule has 1 amide bonds. The van der Waals surface area contributed by atoms with E-state index in [0.717, 1.165) is 28.2 Å². The Kier molecular flexibility index (Phi) is 6.21. The molecule has 1 aromatic heterocycles. The van der Waals surface area contributed by atoms with Gasteiger partial charge in [-0.25, -0.2) is 0 Å². The van der Waals surface area contributed by atoms with Crippen LogP contribution in [-0.4, -0.2) is 10.5 Å². The third-order valence-electron chi connectivity index (χ3n) is 4.87. The molecule has 0 aliphatic carbocycles. The molecule has 2 aromatic carbocycles. The Morgan fingerprint density at radius 2 is 1.79 bits per heavy atom. The molecule has 0 aliphatic rings. The summed E-state index contributed by atoms with van der Waals surface area (Å²) in [6, 6.07) is 21.0. The number of halogens is 1. The van der Waals surface area contributed by atoms with Crippen LogP contribution in [0.5, 0.6) is 0 Å². The lowest BCUT2D eigenvalue weighted by Gasteiger charge is -2.13. The van der Waals surface area contributed by atoms with Gasteiger partial charge in [-0.2, -0.15) is 5.26 Å². The van der Waals surface area contributed by atoms with Gasteiger partial charge in [0.25, 0.3) is 5.91 Å². The Hall–Kier alpha value is -3.29. The highest BCUT2D eigenvalue weighted by atomic mass is 35.5. The monoisotopic (exact) mass is 403 g/mol. The lowest BCUT2D eigenvalue weighted by atomic mass is 10.1. The number of aromatic nitrogens is 1. The van der Waals surface area contributed by atoms with Crippen molar-refractivity contribution in [2.45, 2.75) is 26.8 Å². The van der Waals surface area contributed by atoms with Crippen LogP contribution < -0.4 is 5.32 Å². The molecule has 0 saturated carbocycles. The first-order chi connectivity index (χ1) is 13.9. The van der Waals surface area contributed by atoms with Gasteiger partial charge in [-0.3, -0.25) is 4.79 Å². The lowest BCUT2D eigenvalue weighted by molar-refractivity contribution is -0.117. The number of amides is 1. The standard InChI is InChI=1S/C24H22ClN3O/c1-16-13-20(18(3)28(16)23-11-9-22(25)10-12-23)14-21(15-26)24(29)27-17(2)19-7-5-4-6-8-19/h4-14,17H,1-3H3,(H,27,29)/b21-14+/t17-/m1/s1. The second kappa shape index (κ2) is 8.81. The predicted octanol–water partition coefficient (Wildman–Crippen LogP) is 5.53. The highest BCUT2D eigenvalue weighted by Gasteiger charge is 2.16. The molecule has 0 radical (unpaired) electrons. The van der Waals surface area contributed by atoms with Crippen molar-refractivity contribution in [3.05, 3.63) is 93.8 Å². The van der Waals surface area contributed by atoms with Gasteiger partial charge in [-0.15, -0.1) is 0 Å². The van der Waals surface area contributed by atoms with Crippen molar-refractivity contribution in [1.29, 1.82) is 5.26 Å². The first-order valence-corrected chi connectivity index (χ1v) is 9.71. The lowest BCUT2D eigenvalue weighted by Crippen LogP contribution is -2.27. The fraction of sp³-hybridized carbons (Fsp3) is 0.167. The van der Waals surface area contributed by atoms with E-state index < -0.39 is 0 Å². The summed E-state index contributed by atoms with van der Waals surface area (Å²) >= 11 is 5.99. The number of hydrogen-bond donors (Lipinski definition) is 1. The Balaban J connectivity index is 1.88. The van der Waals surface area contributed by atoms with Crippen LogP contribution in [0.1, 0.15) is 35.5 Å². The zero-order valence-electron chi connectivity index (χ0n) is 16.6. The number of nitriles is 1. The minimum Gasteiger partial charge on any atom is -0.345 e. The van der Waals surface area contributed by atoms with Crippen molar-refractivity contribution in [3.8, 4) is 11.8 Å². The normalized spacial score (nSPS) is 12.3. The average molecular weight is 404 g/mol. The number of aryl methyl sites for hydroxylation is 1. The maximum Gasteiger partial charge on any atom is 0.262 e. The van der Waals surface area contributed by atoms with E-state index in [1.165, 1.54) is 0 Å². The van der Waals surface area contributed by atoms with Crippen molar-refractivity contribution in [3.63, 3.8) is 0 Å². The molecule has 3 aromatic rings. The molecule has 29 heavy (non-hydrogen) atoms. The Labute approximate surface area is 176 Å². The highest BCUT2D eigenvalue weighted by Crippen LogP contribution is 2.24. The van der Waals surface area contributed by atoms with Gasteiger partial charge < -0.3 is 9.88 Å². The summed E-state index contributed by atoms with van der Waals surface area (Å²) in [6.45, 7) is 5.85. The van der Waals surface area contributed by atoms with E-state index in [4.69, 9.17) is 11.6 Å². The summed E-state index contributed by atoms with van der Waals surface area (Å²) in [5, 5.41) is 13.1. The van der Waals surface area contributed by atoms with Crippen LogP contribution in [0.25, 0.3) is 11.8 Å². The molecule has 0 spiro atoms. The van der Waals surface area contributed by atoms with E-state index in [2.05, 4.69) is 9.88 Å². The van der Waals surface area contributed by atoms with Crippen molar-refractivity contribution in [2.24, 2.45) is 0 Å². The summed E-state index contributed by atoms with van der Waals surface area (Å²) in [5.41, 5.74) is 4.82. The number of nitrogens with one attached hydrogen (secondary N) is 1. The van der Waals surface area contributed by atoms with Gasteiger partial charge in [0, 0.05) is 22.1 Å². The molecule has 1 atom stereocenters. The molecule has 1 heterocycles. The zero-order valence-corrected chi connectivity index (χ0v) is 17.4. The molecule has 146 valence electrons. The molecule has 0 fully saturated rings. The molecule has 3 rings (SSSR count). The van der Waals surface area contributed by atoms with Crippen LogP contribution in [0.3, 0.4) is 0 Å². The zero-order chi connectivity index (χ0) is 21.0. The number of carbonyl (C=O) groups excluding carboxylic acids is 1. The van der Waals surface area contributed by atoms with E-state index in [1.54, 1.807) is 6.08 Å². The van der Waals surface area contributed by atoms with Crippen LogP contribution in [0.4, 0.5) is 0 Å². The van der Waals surface area contributed by atoms with E-state index in [9.17, 15) is 10.1 Å². The van der Waals surface area contributed by atoms with E-state index >= 15 is 0 Å². The smallest absolute Gasteiger partial charge is 0.262 e. The van der Waals surface area contributed by atoms with E-state index in [-0.39, 0.29) is 17.5 Å². The van der Waals surface area contributed by atoms with E-state index in [0.29, 0.717) is 5.02 Å². The third kappa shape index (κ3) is 4.59. The largest absolute Gasteiger partial charge is 0.345 e. The van der Waals surface area contributed by atoms with E-state index in [1.807, 2.05) is 87.5 Å². The summed E-state index contributed by atoms with van der Waals surface area (Å²) < 4.78 is 2.07. The first kappa shape index (κ1) is 20.4. The van der Waals surface area contributed by atoms with Gasteiger partial charge in [-0.1, -0.05) is 41.9 Å². The molecule has 0 unspecified atom stereocenters. The van der Waals surface area contributed by atoms with Gasteiger partial charge >= 0.3 is 0 Å². The van der Waals surface area contributed by atoms with Gasteiger partial charge in [-0.05, 0) is 68.3 Å². The summed E-state index contributed by atoms with van der Waals surface area (Å²) in [5.74, 6) is -0.389. The Morgan fingerprint density at radius 1 is 1.14 bits per heavy atom. The second-order valence-corrected chi connectivity index (χ2v) is 7.35. The Morgan fingerprint density at radius 3 is 2.41 bits per heavy atom. The molecule has 4 nitrogen and oxygen atoms in total. The van der Waals surface area contributed by atoms with Gasteiger partial charge in [0.2, 0.25) is 0 Å². The Bertz CT molecular complexity index is 1090. The average Bonchev–Trinajstić information content (AvgIpc) is 3.00. The number of benzene rings is 2. The quantitative estimate of drug-likeness (QED) is 0.449. The van der Waals surface area contributed by atoms with Gasteiger partial charge in [0.1, 0.15) is 11.6 Å². The third-order valence-corrected chi connectivity index (χ3v) is 5.12. The topological polar surface area (TPSA) is 57.8 Å². The minimum absolute atomic E-state index is 0.0733. The van der Waals surface area contributed by atoms with Gasteiger partial charge in [0.05, 0.1) is 6.04 Å². The highest BCUT2D eigenvalue weighted by molar-refractivity contribution is 6.30. The van der Waals surface area contributed by atoms with Crippen LogP contribution in [-0.2, 0) is 4.79 Å². The van der Waals surface area contributed by atoms with Crippen LogP contribution in [0.15, 0.2) is 66.2 Å². The number of rotatable bonds is 5. The fourth-order valence-electron chi connectivity index (χ4n) is 3.32. The number of hydrogen-bond acceptors (Lipinski definition) is 2. The first-order valence-electron chi connectivity index (χ1n) is 9.33. The minimum atomic E-state index is -0.389. The summed E-state index contributed by atoms with van der Waals surface area (Å²) in [6.07, 6.45) is 1.64. The van der Waals surface area contributed by atoms with Crippen LogP contribution in [0, 0.1) is 25.2 Å². The van der Waals surface area contributed by atoms with Crippen molar-refractivity contribution >= 4 is 23.6 Å². The molecule has 5 heteroatoms. The summed E-state index contributed by atoms with van der Waals surface area (Å²) in [4.78, 5) is 12.6. The SMILES string of the molecule is Cc1cc(/C=C(\C#N)C(=O)N[C@H](C)c2ccccc2)c(C)n1-c1ccc(Cl)cc1. The fourth-order valence-corrected chi connectivity index (χ4v) is 3.45. The molecule has 0 saturated heterocycles. The van der Waals surface area contributed by atoms with Gasteiger partial charge in [0.15, 0.2) is 0 Å². The molecular formula is C24H22ClN3O. The number of nitrogens with zero attached hydrogens (tertiary/aromatic N) is 2. The molecular weight excluding hydrogens is 382 g/mol. The maximum absolute atomic E-state index is 12.6. The predicted molar refractivity (Wildman–Crippen MR) is 117 cm³/mol. The van der Waals surface area contributed by atoms with Crippen LogP contribution in [0.2, 0.25) is 5.02 Å². The van der Waals surface area contributed by atoms with Crippen molar-refractivity contribution < 1.29 is 4.79 Å². The molecule has 0 bridgehead atoms.